The summed E-state index contributed by atoms with van der Waals surface area (Å²) in [7, 11) is -3.70. The standard InChI is InChI=1S/C13H17ClFNO3S/c1-13(17)5-2-7-16(8-6-13)20(18,19)10-3-4-12(15)11(14)9-10/h3-4,9,17H,2,5-8H2,1H3. The highest BCUT2D eigenvalue weighted by Gasteiger charge is 2.31. The Hall–Kier alpha value is -0.690. The van der Waals surface area contributed by atoms with Crippen LogP contribution in [-0.4, -0.2) is 36.5 Å². The van der Waals surface area contributed by atoms with Crippen molar-refractivity contribution in [2.75, 3.05) is 13.1 Å². The van der Waals surface area contributed by atoms with Gasteiger partial charge in [0.2, 0.25) is 10.0 Å². The number of sulfonamides is 1. The molecule has 4 nitrogen and oxygen atoms in total. The van der Waals surface area contributed by atoms with Crippen LogP contribution in [0.5, 0.6) is 0 Å². The van der Waals surface area contributed by atoms with Crippen LogP contribution in [0.15, 0.2) is 23.1 Å². The van der Waals surface area contributed by atoms with Gasteiger partial charge in [-0.3, -0.25) is 0 Å². The van der Waals surface area contributed by atoms with Crippen molar-refractivity contribution in [3.05, 3.63) is 29.0 Å². The van der Waals surface area contributed by atoms with E-state index in [4.69, 9.17) is 11.6 Å². The maximum Gasteiger partial charge on any atom is 0.243 e. The molecular weight excluding hydrogens is 305 g/mol. The fourth-order valence-electron chi connectivity index (χ4n) is 2.27. The molecule has 1 aliphatic rings. The van der Waals surface area contributed by atoms with Crippen LogP contribution in [0.1, 0.15) is 26.2 Å². The number of hydrogen-bond donors (Lipinski definition) is 1. The van der Waals surface area contributed by atoms with Crippen LogP contribution in [-0.2, 0) is 10.0 Å². The molecule has 1 unspecified atom stereocenters. The summed E-state index contributed by atoms with van der Waals surface area (Å²) in [6.07, 6.45) is 1.52. The minimum Gasteiger partial charge on any atom is -0.390 e. The number of benzene rings is 1. The fraction of sp³-hybridized carbons (Fsp3) is 0.538. The molecule has 20 heavy (non-hydrogen) atoms. The van der Waals surface area contributed by atoms with Gasteiger partial charge in [0.1, 0.15) is 5.82 Å². The second kappa shape index (κ2) is 5.60. The molecule has 1 fully saturated rings. The van der Waals surface area contributed by atoms with Crippen LogP contribution in [0.4, 0.5) is 4.39 Å². The average Bonchev–Trinajstić information content (AvgIpc) is 2.54. The maximum absolute atomic E-state index is 13.1. The molecular formula is C13H17ClFNO3S. The van der Waals surface area contributed by atoms with Crippen molar-refractivity contribution in [2.45, 2.75) is 36.7 Å². The molecule has 0 bridgehead atoms. The van der Waals surface area contributed by atoms with Crippen molar-refractivity contribution in [1.29, 1.82) is 0 Å². The van der Waals surface area contributed by atoms with Gasteiger partial charge in [0.15, 0.2) is 0 Å². The number of hydrogen-bond acceptors (Lipinski definition) is 3. The molecule has 0 amide bonds. The highest BCUT2D eigenvalue weighted by Crippen LogP contribution is 2.27. The number of aliphatic hydroxyl groups is 1. The molecule has 1 aromatic rings. The zero-order valence-corrected chi connectivity index (χ0v) is 12.7. The highest BCUT2D eigenvalue weighted by molar-refractivity contribution is 7.89. The van der Waals surface area contributed by atoms with Gasteiger partial charge in [0.25, 0.3) is 0 Å². The molecule has 1 aliphatic heterocycles. The van der Waals surface area contributed by atoms with E-state index in [9.17, 15) is 17.9 Å². The van der Waals surface area contributed by atoms with Gasteiger partial charge in [-0.15, -0.1) is 0 Å². The molecule has 7 heteroatoms. The first kappa shape index (κ1) is 15.7. The van der Waals surface area contributed by atoms with Crippen molar-refractivity contribution in [2.24, 2.45) is 0 Å². The lowest BCUT2D eigenvalue weighted by molar-refractivity contribution is 0.0465. The molecule has 1 heterocycles. The molecule has 0 saturated carbocycles. The summed E-state index contributed by atoms with van der Waals surface area (Å²) in [5.41, 5.74) is -0.843. The Morgan fingerprint density at radius 3 is 2.70 bits per heavy atom. The zero-order chi connectivity index (χ0) is 15.0. The van der Waals surface area contributed by atoms with Crippen LogP contribution in [0.2, 0.25) is 5.02 Å². The minimum absolute atomic E-state index is 0.0227. The third kappa shape index (κ3) is 3.31. The van der Waals surface area contributed by atoms with Crippen molar-refractivity contribution < 1.29 is 17.9 Å². The molecule has 0 spiro atoms. The second-order valence-electron chi connectivity index (χ2n) is 5.33. The summed E-state index contributed by atoms with van der Waals surface area (Å²) in [4.78, 5) is -0.0227. The quantitative estimate of drug-likeness (QED) is 0.910. The van der Waals surface area contributed by atoms with E-state index in [0.717, 1.165) is 12.1 Å². The van der Waals surface area contributed by atoms with E-state index in [1.807, 2.05) is 0 Å². The smallest absolute Gasteiger partial charge is 0.243 e. The van der Waals surface area contributed by atoms with Gasteiger partial charge in [-0.25, -0.2) is 12.8 Å². The van der Waals surface area contributed by atoms with E-state index in [-0.39, 0.29) is 16.5 Å². The van der Waals surface area contributed by atoms with Gasteiger partial charge in [-0.05, 0) is 44.4 Å². The van der Waals surface area contributed by atoms with Crippen LogP contribution >= 0.6 is 11.6 Å². The number of nitrogens with zero attached hydrogens (tertiary/aromatic N) is 1. The first-order valence-electron chi connectivity index (χ1n) is 6.40. The molecule has 0 aromatic heterocycles. The normalized spacial score (nSPS) is 25.4. The van der Waals surface area contributed by atoms with Crippen molar-refractivity contribution in [3.8, 4) is 0 Å². The Morgan fingerprint density at radius 1 is 1.35 bits per heavy atom. The minimum atomic E-state index is -3.70. The Morgan fingerprint density at radius 2 is 2.05 bits per heavy atom. The second-order valence-corrected chi connectivity index (χ2v) is 7.68. The lowest BCUT2D eigenvalue weighted by atomic mass is 9.98. The third-order valence-corrected chi connectivity index (χ3v) is 5.74. The van der Waals surface area contributed by atoms with Gasteiger partial charge >= 0.3 is 0 Å². The van der Waals surface area contributed by atoms with Crippen LogP contribution in [0.25, 0.3) is 0 Å². The molecule has 112 valence electrons. The van der Waals surface area contributed by atoms with E-state index >= 15 is 0 Å². The Bertz CT molecular complexity index is 604. The summed E-state index contributed by atoms with van der Waals surface area (Å²) in [6.45, 7) is 2.29. The van der Waals surface area contributed by atoms with E-state index in [2.05, 4.69) is 0 Å². The molecule has 2 rings (SSSR count). The van der Waals surface area contributed by atoms with Crippen LogP contribution < -0.4 is 0 Å². The van der Waals surface area contributed by atoms with E-state index in [0.29, 0.717) is 25.8 Å². The average molecular weight is 322 g/mol. The van der Waals surface area contributed by atoms with Gasteiger partial charge in [0, 0.05) is 13.1 Å². The summed E-state index contributed by atoms with van der Waals surface area (Å²) < 4.78 is 39.4. The van der Waals surface area contributed by atoms with Crippen molar-refractivity contribution in [1.82, 2.24) is 4.31 Å². The maximum atomic E-state index is 13.1. The van der Waals surface area contributed by atoms with E-state index < -0.39 is 21.4 Å². The summed E-state index contributed by atoms with van der Waals surface area (Å²) in [5, 5.41) is 9.78. The summed E-state index contributed by atoms with van der Waals surface area (Å²) in [5.74, 6) is -0.649. The molecule has 0 radical (unpaired) electrons. The first-order chi connectivity index (χ1) is 9.22. The summed E-state index contributed by atoms with van der Waals surface area (Å²) in [6, 6.07) is 3.37. The molecule has 0 aliphatic carbocycles. The Kier molecular flexibility index (Phi) is 4.39. The number of rotatable bonds is 2. The lowest BCUT2D eigenvalue weighted by Gasteiger charge is -2.22. The SMILES string of the molecule is CC1(O)CCCN(S(=O)(=O)c2ccc(F)c(Cl)c2)CC1. The molecule has 1 saturated heterocycles. The molecule has 1 aromatic carbocycles. The van der Waals surface area contributed by atoms with Crippen LogP contribution in [0, 0.1) is 5.82 Å². The largest absolute Gasteiger partial charge is 0.390 e. The predicted octanol–water partition coefficient (Wildman–Crippen LogP) is 2.40. The highest BCUT2D eigenvalue weighted by atomic mass is 35.5. The number of halogens is 2. The van der Waals surface area contributed by atoms with Gasteiger partial charge in [0.05, 0.1) is 15.5 Å². The van der Waals surface area contributed by atoms with Gasteiger partial charge < -0.3 is 5.11 Å². The molecule has 1 N–H and O–H groups in total. The van der Waals surface area contributed by atoms with Crippen LogP contribution in [0.3, 0.4) is 0 Å². The Balaban J connectivity index is 2.28. The van der Waals surface area contributed by atoms with Crippen molar-refractivity contribution >= 4 is 21.6 Å². The first-order valence-corrected chi connectivity index (χ1v) is 8.22. The fourth-order valence-corrected chi connectivity index (χ4v) is 4.02. The van der Waals surface area contributed by atoms with Crippen molar-refractivity contribution in [3.63, 3.8) is 0 Å². The van der Waals surface area contributed by atoms with Gasteiger partial charge in [-0.1, -0.05) is 11.6 Å². The van der Waals surface area contributed by atoms with E-state index in [1.54, 1.807) is 6.92 Å². The monoisotopic (exact) mass is 321 g/mol. The van der Waals surface area contributed by atoms with E-state index in [1.165, 1.54) is 10.4 Å². The third-order valence-electron chi connectivity index (χ3n) is 3.55. The topological polar surface area (TPSA) is 57.6 Å². The van der Waals surface area contributed by atoms with Gasteiger partial charge in [-0.2, -0.15) is 4.31 Å². The Labute approximate surface area is 123 Å². The molecule has 1 atom stereocenters. The zero-order valence-electron chi connectivity index (χ0n) is 11.1. The predicted molar refractivity (Wildman–Crippen MR) is 74.6 cm³/mol. The lowest BCUT2D eigenvalue weighted by Crippen LogP contribution is -2.33. The summed E-state index contributed by atoms with van der Waals surface area (Å²) >= 11 is 5.64.